The molecule has 0 radical (unpaired) electrons. The molecule has 0 bridgehead atoms. The van der Waals surface area contributed by atoms with E-state index in [0.29, 0.717) is 12.1 Å². The molecule has 1 aromatic rings. The van der Waals surface area contributed by atoms with Crippen LogP contribution < -0.4 is 10.1 Å². The number of rotatable bonds is 7. The van der Waals surface area contributed by atoms with Gasteiger partial charge in [0.1, 0.15) is 5.75 Å². The molecule has 19 heavy (non-hydrogen) atoms. The summed E-state index contributed by atoms with van der Waals surface area (Å²) in [7, 11) is 0. The zero-order valence-electron chi connectivity index (χ0n) is 10.8. The number of halogens is 4. The molecule has 0 spiro atoms. The molecule has 0 aliphatic rings. The molecule has 0 saturated carbocycles. The number of hydrogen-bond donors (Lipinski definition) is 1. The Morgan fingerprint density at radius 1 is 1.26 bits per heavy atom. The van der Waals surface area contributed by atoms with Gasteiger partial charge in [-0.1, -0.05) is 25.1 Å². The van der Waals surface area contributed by atoms with E-state index in [2.05, 4.69) is 5.32 Å². The van der Waals surface area contributed by atoms with Crippen molar-refractivity contribution in [3.8, 4) is 5.75 Å². The van der Waals surface area contributed by atoms with Crippen LogP contribution in [0.15, 0.2) is 24.3 Å². The molecular formula is C13H17F4NO. The molecule has 2 nitrogen and oxygen atoms in total. The highest BCUT2D eigenvalue weighted by molar-refractivity contribution is 5.35. The minimum absolute atomic E-state index is 0.110. The van der Waals surface area contributed by atoms with Crippen molar-refractivity contribution in [3.05, 3.63) is 29.8 Å². The van der Waals surface area contributed by atoms with E-state index in [1.807, 2.05) is 13.8 Å². The average Bonchev–Trinajstić information content (AvgIpc) is 2.37. The van der Waals surface area contributed by atoms with Gasteiger partial charge in [-0.15, -0.1) is 0 Å². The van der Waals surface area contributed by atoms with Gasteiger partial charge in [-0.3, -0.25) is 0 Å². The second-order valence-corrected chi connectivity index (χ2v) is 4.17. The molecule has 1 atom stereocenters. The normalized spacial score (nSPS) is 13.6. The summed E-state index contributed by atoms with van der Waals surface area (Å²) < 4.78 is 54.6. The van der Waals surface area contributed by atoms with Gasteiger partial charge >= 0.3 is 12.3 Å². The number of para-hydroxylation sites is 1. The molecule has 0 aromatic heterocycles. The predicted molar refractivity (Wildman–Crippen MR) is 65.0 cm³/mol. The SMILES string of the molecule is CCNC(C)c1ccccc1OCC(F)(F)C(F)F. The fourth-order valence-electron chi connectivity index (χ4n) is 1.62. The lowest BCUT2D eigenvalue weighted by Crippen LogP contribution is -2.34. The highest BCUT2D eigenvalue weighted by atomic mass is 19.3. The Morgan fingerprint density at radius 2 is 1.89 bits per heavy atom. The van der Waals surface area contributed by atoms with Crippen LogP contribution in [0.5, 0.6) is 5.75 Å². The van der Waals surface area contributed by atoms with Gasteiger partial charge in [0, 0.05) is 11.6 Å². The van der Waals surface area contributed by atoms with Gasteiger partial charge in [-0.25, -0.2) is 8.78 Å². The minimum Gasteiger partial charge on any atom is -0.487 e. The van der Waals surface area contributed by atoms with Crippen molar-refractivity contribution in [1.29, 1.82) is 0 Å². The topological polar surface area (TPSA) is 21.3 Å². The maximum absolute atomic E-state index is 12.8. The zero-order chi connectivity index (χ0) is 14.5. The largest absolute Gasteiger partial charge is 0.487 e. The molecule has 0 amide bonds. The summed E-state index contributed by atoms with van der Waals surface area (Å²) in [6.07, 6.45) is -3.73. The number of alkyl halides is 4. The summed E-state index contributed by atoms with van der Waals surface area (Å²) in [6.45, 7) is 3.12. The van der Waals surface area contributed by atoms with Gasteiger partial charge in [0.25, 0.3) is 0 Å². The summed E-state index contributed by atoms with van der Waals surface area (Å²) in [5.74, 6) is -3.95. The van der Waals surface area contributed by atoms with Crippen molar-refractivity contribution >= 4 is 0 Å². The third kappa shape index (κ3) is 4.38. The molecule has 0 heterocycles. The Labute approximate surface area is 109 Å². The fraction of sp³-hybridized carbons (Fsp3) is 0.538. The second kappa shape index (κ2) is 6.75. The Morgan fingerprint density at radius 3 is 2.47 bits per heavy atom. The number of hydrogen-bond acceptors (Lipinski definition) is 2. The molecule has 0 aliphatic heterocycles. The van der Waals surface area contributed by atoms with Crippen LogP contribution in [-0.4, -0.2) is 25.5 Å². The molecule has 1 unspecified atom stereocenters. The first kappa shape index (κ1) is 15.8. The van der Waals surface area contributed by atoms with Gasteiger partial charge in [-0.2, -0.15) is 8.78 Å². The first-order chi connectivity index (χ1) is 8.88. The Kier molecular flexibility index (Phi) is 5.60. The average molecular weight is 279 g/mol. The van der Waals surface area contributed by atoms with Crippen LogP contribution in [0.2, 0.25) is 0 Å². The summed E-state index contributed by atoms with van der Waals surface area (Å²) in [5.41, 5.74) is 0.661. The van der Waals surface area contributed by atoms with E-state index in [1.54, 1.807) is 18.2 Å². The van der Waals surface area contributed by atoms with Crippen LogP contribution in [0.3, 0.4) is 0 Å². The van der Waals surface area contributed by atoms with Crippen molar-refractivity contribution in [1.82, 2.24) is 5.32 Å². The van der Waals surface area contributed by atoms with Gasteiger partial charge in [0.15, 0.2) is 6.61 Å². The van der Waals surface area contributed by atoms with E-state index in [4.69, 9.17) is 4.74 Å². The predicted octanol–water partition coefficient (Wildman–Crippen LogP) is 3.64. The zero-order valence-corrected chi connectivity index (χ0v) is 10.8. The van der Waals surface area contributed by atoms with Gasteiger partial charge in [0.05, 0.1) is 0 Å². The van der Waals surface area contributed by atoms with Crippen LogP contribution in [0.25, 0.3) is 0 Å². The van der Waals surface area contributed by atoms with E-state index < -0.39 is 19.0 Å². The number of ether oxygens (including phenoxy) is 1. The molecule has 1 aromatic carbocycles. The van der Waals surface area contributed by atoms with Crippen molar-refractivity contribution in [2.45, 2.75) is 32.2 Å². The molecular weight excluding hydrogens is 262 g/mol. The van der Waals surface area contributed by atoms with Crippen LogP contribution in [0, 0.1) is 0 Å². The fourth-order valence-corrected chi connectivity index (χ4v) is 1.62. The van der Waals surface area contributed by atoms with Gasteiger partial charge in [0.2, 0.25) is 0 Å². The van der Waals surface area contributed by atoms with Crippen LogP contribution in [0.1, 0.15) is 25.5 Å². The quantitative estimate of drug-likeness (QED) is 0.769. The maximum Gasteiger partial charge on any atom is 0.340 e. The van der Waals surface area contributed by atoms with Crippen LogP contribution >= 0.6 is 0 Å². The number of benzene rings is 1. The first-order valence-corrected chi connectivity index (χ1v) is 5.99. The summed E-state index contributed by atoms with van der Waals surface area (Å²) in [4.78, 5) is 0. The molecule has 1 rings (SSSR count). The highest BCUT2D eigenvalue weighted by Gasteiger charge is 2.41. The first-order valence-electron chi connectivity index (χ1n) is 5.99. The third-order valence-electron chi connectivity index (χ3n) is 2.64. The molecule has 6 heteroatoms. The van der Waals surface area contributed by atoms with Crippen molar-refractivity contribution in [2.75, 3.05) is 13.2 Å². The van der Waals surface area contributed by atoms with Crippen LogP contribution in [-0.2, 0) is 0 Å². The lowest BCUT2D eigenvalue weighted by molar-refractivity contribution is -0.148. The van der Waals surface area contributed by atoms with Crippen molar-refractivity contribution < 1.29 is 22.3 Å². The smallest absolute Gasteiger partial charge is 0.340 e. The minimum atomic E-state index is -4.14. The Balaban J connectivity index is 2.78. The Bertz CT molecular complexity index is 398. The van der Waals surface area contributed by atoms with E-state index in [9.17, 15) is 17.6 Å². The van der Waals surface area contributed by atoms with Gasteiger partial charge in [-0.05, 0) is 19.5 Å². The molecule has 108 valence electrons. The van der Waals surface area contributed by atoms with Crippen LogP contribution in [0.4, 0.5) is 17.6 Å². The molecule has 0 fully saturated rings. The lowest BCUT2D eigenvalue weighted by Gasteiger charge is -2.20. The number of nitrogens with one attached hydrogen (secondary N) is 1. The summed E-state index contributed by atoms with van der Waals surface area (Å²) >= 11 is 0. The Hall–Kier alpha value is -1.30. The molecule has 1 N–H and O–H groups in total. The molecule has 0 aliphatic carbocycles. The van der Waals surface area contributed by atoms with E-state index >= 15 is 0 Å². The van der Waals surface area contributed by atoms with E-state index in [-0.39, 0.29) is 11.8 Å². The highest BCUT2D eigenvalue weighted by Crippen LogP contribution is 2.28. The maximum atomic E-state index is 12.8. The molecule has 0 saturated heterocycles. The van der Waals surface area contributed by atoms with E-state index in [1.165, 1.54) is 6.07 Å². The summed E-state index contributed by atoms with van der Waals surface area (Å²) in [5, 5.41) is 3.11. The summed E-state index contributed by atoms with van der Waals surface area (Å²) in [6, 6.07) is 6.44. The van der Waals surface area contributed by atoms with E-state index in [0.717, 1.165) is 0 Å². The van der Waals surface area contributed by atoms with Crippen molar-refractivity contribution in [2.24, 2.45) is 0 Å². The lowest BCUT2D eigenvalue weighted by atomic mass is 10.1. The third-order valence-corrected chi connectivity index (χ3v) is 2.64. The van der Waals surface area contributed by atoms with Crippen molar-refractivity contribution in [3.63, 3.8) is 0 Å². The monoisotopic (exact) mass is 279 g/mol. The standard InChI is InChI=1S/C13H17F4NO/c1-3-18-9(2)10-6-4-5-7-11(10)19-8-13(16,17)12(14)15/h4-7,9,12,18H,3,8H2,1-2H3. The second-order valence-electron chi connectivity index (χ2n) is 4.17. The van der Waals surface area contributed by atoms with Gasteiger partial charge < -0.3 is 10.1 Å².